The fourth-order valence-corrected chi connectivity index (χ4v) is 14.8. The number of anilines is 6. The van der Waals surface area contributed by atoms with Gasteiger partial charge in [0.05, 0.1) is 22.5 Å². The summed E-state index contributed by atoms with van der Waals surface area (Å²) >= 11 is 0. The molecule has 7 nitrogen and oxygen atoms in total. The Morgan fingerprint density at radius 2 is 0.759 bits per heavy atom. The SMILES string of the molecule is CC1(C)c2ccccc2C2(c3cc(N(c4cccc(-c5ccccc5)c4)c4cccc5c4oc4ncccc45)ccc3-c3cc4c(cc32)oc2cc(N(c3cccc(-c5ccccc5)c3)c3cccc5c3oc3ncccc35)ccc24)c2ccccc21. The van der Waals surface area contributed by atoms with Crippen molar-refractivity contribution in [3.63, 3.8) is 0 Å². The van der Waals surface area contributed by atoms with Crippen LogP contribution >= 0.6 is 0 Å². The standard InChI is InChI=1S/C80H52N4O3/c1-79(2)65-31-9-11-33-67(65)80(68-34-12-10-32-66(68)79)69-45-55(83(53-25-13-23-51(43-53)49-19-5-3-6-20-49)71-35-15-27-59-61-29-17-41-81-77(61)86-75(59)71)37-39-57(69)63-47-64-58-40-38-56(46-73(58)85-74(64)48-70(63)80)84(54-26-14-24-52(44-54)50-21-7-4-8-22-50)72-36-16-28-60-62-30-18-42-82-78(62)87-76(60)72/h3-48H,1-2H3. The Hall–Kier alpha value is -11.3. The number of nitrogens with zero attached hydrogens (tertiary/aromatic N) is 4. The number of pyridine rings is 2. The van der Waals surface area contributed by atoms with Crippen molar-refractivity contribution in [1.82, 2.24) is 9.97 Å². The first-order chi connectivity index (χ1) is 42.9. The lowest BCUT2D eigenvalue weighted by Crippen LogP contribution is -2.40. The van der Waals surface area contributed by atoms with E-state index in [-0.39, 0.29) is 5.41 Å². The predicted molar refractivity (Wildman–Crippen MR) is 354 cm³/mol. The average molecular weight is 1120 g/mol. The second kappa shape index (κ2) is 18.6. The fourth-order valence-electron chi connectivity index (χ4n) is 14.8. The zero-order chi connectivity index (χ0) is 57.5. The molecule has 18 rings (SSSR count). The lowest BCUT2D eigenvalue weighted by Gasteiger charge is -2.46. The van der Waals surface area contributed by atoms with Crippen molar-refractivity contribution >= 4 is 100 Å². The van der Waals surface area contributed by atoms with Crippen LogP contribution in [-0.4, -0.2) is 9.97 Å². The first kappa shape index (κ1) is 49.2. The average Bonchev–Trinajstić information content (AvgIpc) is 1.58. The van der Waals surface area contributed by atoms with Crippen LogP contribution in [0, 0.1) is 0 Å². The van der Waals surface area contributed by atoms with Gasteiger partial charge >= 0.3 is 0 Å². The minimum atomic E-state index is -0.755. The molecule has 0 aliphatic heterocycles. The summed E-state index contributed by atoms with van der Waals surface area (Å²) in [7, 11) is 0. The summed E-state index contributed by atoms with van der Waals surface area (Å²) in [5.74, 6) is 0. The van der Waals surface area contributed by atoms with Crippen LogP contribution in [-0.2, 0) is 10.8 Å². The van der Waals surface area contributed by atoms with Crippen molar-refractivity contribution in [3.05, 3.63) is 313 Å². The van der Waals surface area contributed by atoms with Gasteiger partial charge in [-0.1, -0.05) is 178 Å². The molecule has 87 heavy (non-hydrogen) atoms. The van der Waals surface area contributed by atoms with E-state index in [2.05, 4.69) is 283 Å². The van der Waals surface area contributed by atoms with Gasteiger partial charge in [-0.3, -0.25) is 0 Å². The number of rotatable bonds is 8. The Bertz CT molecular complexity index is 5430. The minimum Gasteiger partial charge on any atom is -0.456 e. The van der Waals surface area contributed by atoms with Crippen LogP contribution < -0.4 is 9.80 Å². The normalized spacial score (nSPS) is 13.6. The van der Waals surface area contributed by atoms with Crippen LogP contribution in [0.5, 0.6) is 0 Å². The van der Waals surface area contributed by atoms with E-state index in [1.54, 1.807) is 12.4 Å². The molecule has 11 aromatic carbocycles. The summed E-state index contributed by atoms with van der Waals surface area (Å²) in [6.07, 6.45) is 3.58. The monoisotopic (exact) mass is 1120 g/mol. The number of furan rings is 3. The van der Waals surface area contributed by atoms with E-state index in [0.29, 0.717) is 11.4 Å². The highest BCUT2D eigenvalue weighted by Crippen LogP contribution is 2.64. The van der Waals surface area contributed by atoms with E-state index in [4.69, 9.17) is 18.2 Å². The molecule has 5 heterocycles. The molecule has 0 amide bonds. The summed E-state index contributed by atoms with van der Waals surface area (Å²) in [6.45, 7) is 4.75. The van der Waals surface area contributed by atoms with E-state index >= 15 is 0 Å². The van der Waals surface area contributed by atoms with Gasteiger partial charge in [0.2, 0.25) is 11.4 Å². The molecule has 2 aliphatic carbocycles. The van der Waals surface area contributed by atoms with Gasteiger partial charge in [0.25, 0.3) is 0 Å². The lowest BCUT2D eigenvalue weighted by molar-refractivity contribution is 0.563. The number of hydrogen-bond acceptors (Lipinski definition) is 7. The van der Waals surface area contributed by atoms with Gasteiger partial charge in [-0.05, 0) is 164 Å². The lowest BCUT2D eigenvalue weighted by atomic mass is 9.55. The summed E-state index contributed by atoms with van der Waals surface area (Å²) < 4.78 is 20.8. The van der Waals surface area contributed by atoms with Gasteiger partial charge in [0.1, 0.15) is 11.2 Å². The highest BCUT2D eigenvalue weighted by molar-refractivity contribution is 6.13. The molecule has 0 bridgehead atoms. The van der Waals surface area contributed by atoms with Gasteiger partial charge in [0, 0.05) is 73.3 Å². The summed E-state index contributed by atoms with van der Waals surface area (Å²) in [5.41, 5.74) is 23.4. The molecule has 0 radical (unpaired) electrons. The number of para-hydroxylation sites is 2. The molecule has 0 unspecified atom stereocenters. The van der Waals surface area contributed by atoms with E-state index in [0.717, 1.165) is 111 Å². The van der Waals surface area contributed by atoms with Crippen molar-refractivity contribution in [2.45, 2.75) is 24.7 Å². The molecular weight excluding hydrogens is 1060 g/mol. The van der Waals surface area contributed by atoms with Crippen molar-refractivity contribution in [2.75, 3.05) is 9.80 Å². The molecule has 0 atom stereocenters. The number of fused-ring (bicyclic) bond motifs is 18. The molecule has 0 saturated carbocycles. The molecule has 7 heteroatoms. The maximum absolute atomic E-state index is 7.33. The third-order valence-electron chi connectivity index (χ3n) is 18.6. The molecular formula is C80H52N4O3. The number of hydrogen-bond donors (Lipinski definition) is 0. The summed E-state index contributed by atoms with van der Waals surface area (Å²) in [5, 5.41) is 6.04. The van der Waals surface area contributed by atoms with Gasteiger partial charge in [-0.2, -0.15) is 0 Å². The van der Waals surface area contributed by atoms with Crippen LogP contribution in [0.4, 0.5) is 34.1 Å². The van der Waals surface area contributed by atoms with Crippen LogP contribution in [0.3, 0.4) is 0 Å². The molecule has 1 spiro atoms. The Balaban J connectivity index is 0.871. The van der Waals surface area contributed by atoms with E-state index < -0.39 is 5.41 Å². The topological polar surface area (TPSA) is 71.7 Å². The molecule has 16 aromatic rings. The maximum atomic E-state index is 7.33. The second-order valence-electron chi connectivity index (χ2n) is 23.6. The molecule has 0 fully saturated rings. The Kier molecular flexibility index (Phi) is 10.5. The van der Waals surface area contributed by atoms with Gasteiger partial charge in [-0.25, -0.2) is 9.97 Å². The second-order valence-corrected chi connectivity index (χ2v) is 23.6. The van der Waals surface area contributed by atoms with Crippen LogP contribution in [0.15, 0.2) is 293 Å². The van der Waals surface area contributed by atoms with Crippen LogP contribution in [0.2, 0.25) is 0 Å². The molecule has 5 aromatic heterocycles. The highest BCUT2D eigenvalue weighted by atomic mass is 16.3. The summed E-state index contributed by atoms with van der Waals surface area (Å²) in [4.78, 5) is 14.0. The van der Waals surface area contributed by atoms with Crippen molar-refractivity contribution in [2.24, 2.45) is 0 Å². The summed E-state index contributed by atoms with van der Waals surface area (Å²) in [6, 6.07) is 96.4. The fraction of sp³-hybridized carbons (Fsp3) is 0.0500. The molecule has 2 aliphatic rings. The first-order valence-corrected chi connectivity index (χ1v) is 29.7. The molecule has 0 N–H and O–H groups in total. The molecule has 410 valence electrons. The van der Waals surface area contributed by atoms with Crippen LogP contribution in [0.25, 0.3) is 99.5 Å². The van der Waals surface area contributed by atoms with Gasteiger partial charge in [-0.15, -0.1) is 0 Å². The van der Waals surface area contributed by atoms with Crippen molar-refractivity contribution < 1.29 is 13.3 Å². The van der Waals surface area contributed by atoms with Crippen molar-refractivity contribution in [3.8, 4) is 33.4 Å². The predicted octanol–water partition coefficient (Wildman–Crippen LogP) is 21.5. The molecule has 0 saturated heterocycles. The third-order valence-corrected chi connectivity index (χ3v) is 18.6. The Morgan fingerprint density at radius 3 is 1.33 bits per heavy atom. The smallest absolute Gasteiger partial charge is 0.227 e. The van der Waals surface area contributed by atoms with E-state index in [1.165, 1.54) is 44.5 Å². The minimum absolute atomic E-state index is 0.302. The zero-order valence-corrected chi connectivity index (χ0v) is 47.6. The largest absolute Gasteiger partial charge is 0.456 e. The quantitative estimate of drug-likeness (QED) is 0.150. The number of benzene rings is 11. The van der Waals surface area contributed by atoms with Gasteiger partial charge < -0.3 is 23.1 Å². The Morgan fingerprint density at radius 1 is 0.299 bits per heavy atom. The maximum Gasteiger partial charge on any atom is 0.227 e. The van der Waals surface area contributed by atoms with Gasteiger partial charge in [0.15, 0.2) is 11.2 Å². The highest BCUT2D eigenvalue weighted by Gasteiger charge is 2.54. The van der Waals surface area contributed by atoms with Crippen LogP contribution in [0.1, 0.15) is 47.2 Å². The van der Waals surface area contributed by atoms with E-state index in [9.17, 15) is 0 Å². The first-order valence-electron chi connectivity index (χ1n) is 29.7. The van der Waals surface area contributed by atoms with Crippen molar-refractivity contribution in [1.29, 1.82) is 0 Å². The zero-order valence-electron chi connectivity index (χ0n) is 47.6. The number of aromatic nitrogens is 2. The Labute approximate surface area is 501 Å². The third kappa shape index (κ3) is 7.17. The van der Waals surface area contributed by atoms with E-state index in [1.807, 2.05) is 12.1 Å².